The van der Waals surface area contributed by atoms with Gasteiger partial charge in [-0.1, -0.05) is 25.1 Å². The lowest BCUT2D eigenvalue weighted by atomic mass is 10.1. The summed E-state index contributed by atoms with van der Waals surface area (Å²) in [6.07, 6.45) is 3.73. The highest BCUT2D eigenvalue weighted by Crippen LogP contribution is 2.33. The summed E-state index contributed by atoms with van der Waals surface area (Å²) in [6, 6.07) is 8.84. The largest absolute Gasteiger partial charge is 0.492 e. The van der Waals surface area contributed by atoms with Gasteiger partial charge >= 0.3 is 0 Å². The molecule has 0 saturated heterocycles. The minimum absolute atomic E-state index is 0.518. The van der Waals surface area contributed by atoms with Crippen LogP contribution in [0.3, 0.4) is 0 Å². The first-order valence-corrected chi connectivity index (χ1v) is 6.23. The van der Waals surface area contributed by atoms with Crippen LogP contribution in [-0.4, -0.2) is 19.7 Å². The van der Waals surface area contributed by atoms with Crippen molar-refractivity contribution in [2.24, 2.45) is 5.92 Å². The highest BCUT2D eigenvalue weighted by Gasteiger charge is 2.30. The number of hydrogen-bond acceptors (Lipinski definition) is 2. The zero-order valence-electron chi connectivity index (χ0n) is 10.2. The van der Waals surface area contributed by atoms with Gasteiger partial charge in [0.15, 0.2) is 0 Å². The topological polar surface area (TPSA) is 21.3 Å². The van der Waals surface area contributed by atoms with Crippen LogP contribution in [0.4, 0.5) is 0 Å². The Morgan fingerprint density at radius 2 is 2.12 bits per heavy atom. The molecule has 0 bridgehead atoms. The molecule has 0 radical (unpaired) electrons. The first-order valence-electron chi connectivity index (χ1n) is 6.23. The molecule has 1 N–H and O–H groups in total. The van der Waals surface area contributed by atoms with Crippen LogP contribution in [0, 0.1) is 5.92 Å². The number of hydrogen-bond donors (Lipinski definition) is 1. The summed E-state index contributed by atoms with van der Waals surface area (Å²) >= 11 is 0. The van der Waals surface area contributed by atoms with Crippen molar-refractivity contribution >= 4 is 0 Å². The van der Waals surface area contributed by atoms with Gasteiger partial charge < -0.3 is 10.1 Å². The molecule has 1 aromatic rings. The van der Waals surface area contributed by atoms with Crippen molar-refractivity contribution in [1.82, 2.24) is 5.32 Å². The molecule has 1 atom stereocenters. The monoisotopic (exact) mass is 219 g/mol. The molecule has 1 fully saturated rings. The maximum atomic E-state index is 5.92. The fourth-order valence-electron chi connectivity index (χ4n) is 2.07. The fraction of sp³-hybridized carbons (Fsp3) is 0.571. The third-order valence-electron chi connectivity index (χ3n) is 3.33. The van der Waals surface area contributed by atoms with Gasteiger partial charge in [-0.05, 0) is 43.9 Å². The van der Waals surface area contributed by atoms with Crippen LogP contribution in [-0.2, 0) is 6.42 Å². The molecule has 88 valence electrons. The smallest absolute Gasteiger partial charge is 0.122 e. The summed E-state index contributed by atoms with van der Waals surface area (Å²) in [5.74, 6) is 1.88. The van der Waals surface area contributed by atoms with Crippen LogP contribution < -0.4 is 10.1 Å². The second kappa shape index (κ2) is 5.35. The Morgan fingerprint density at radius 3 is 2.75 bits per heavy atom. The van der Waals surface area contributed by atoms with Crippen LogP contribution in [0.15, 0.2) is 24.3 Å². The lowest BCUT2D eigenvalue weighted by Crippen LogP contribution is -2.33. The Labute approximate surface area is 98.0 Å². The Balaban J connectivity index is 1.92. The summed E-state index contributed by atoms with van der Waals surface area (Å²) < 4.78 is 5.92. The number of para-hydroxylation sites is 1. The normalized spacial score (nSPS) is 17.1. The zero-order valence-corrected chi connectivity index (χ0v) is 10.2. The van der Waals surface area contributed by atoms with Crippen molar-refractivity contribution in [3.63, 3.8) is 0 Å². The fourth-order valence-corrected chi connectivity index (χ4v) is 2.07. The third kappa shape index (κ3) is 2.76. The minimum atomic E-state index is 0.518. The quantitative estimate of drug-likeness (QED) is 0.794. The maximum absolute atomic E-state index is 5.92. The van der Waals surface area contributed by atoms with E-state index in [1.807, 2.05) is 13.1 Å². The standard InChI is InChI=1S/C14H21NO/c1-3-11-6-4-5-7-14(11)16-10-13(15-2)12-8-9-12/h4-7,12-13,15H,3,8-10H2,1-2H3. The molecular weight excluding hydrogens is 198 g/mol. The molecule has 1 unspecified atom stereocenters. The summed E-state index contributed by atoms with van der Waals surface area (Å²) in [4.78, 5) is 0. The average molecular weight is 219 g/mol. The van der Waals surface area contributed by atoms with Crippen LogP contribution in [0.2, 0.25) is 0 Å². The van der Waals surface area contributed by atoms with Crippen LogP contribution in [0.1, 0.15) is 25.3 Å². The van der Waals surface area contributed by atoms with Gasteiger partial charge in [0.2, 0.25) is 0 Å². The summed E-state index contributed by atoms with van der Waals surface area (Å²) in [6.45, 7) is 2.96. The van der Waals surface area contributed by atoms with E-state index >= 15 is 0 Å². The average Bonchev–Trinajstić information content (AvgIpc) is 3.15. The van der Waals surface area contributed by atoms with E-state index in [-0.39, 0.29) is 0 Å². The van der Waals surface area contributed by atoms with E-state index in [0.29, 0.717) is 6.04 Å². The zero-order chi connectivity index (χ0) is 11.4. The second-order valence-corrected chi connectivity index (χ2v) is 4.50. The Morgan fingerprint density at radius 1 is 1.38 bits per heavy atom. The van der Waals surface area contributed by atoms with Gasteiger partial charge in [0.25, 0.3) is 0 Å². The molecule has 2 heteroatoms. The van der Waals surface area contributed by atoms with Crippen LogP contribution >= 0.6 is 0 Å². The molecule has 16 heavy (non-hydrogen) atoms. The van der Waals surface area contributed by atoms with E-state index in [1.54, 1.807) is 0 Å². The van der Waals surface area contributed by atoms with E-state index in [4.69, 9.17) is 4.74 Å². The van der Waals surface area contributed by atoms with Gasteiger partial charge in [-0.3, -0.25) is 0 Å². The van der Waals surface area contributed by atoms with E-state index in [1.165, 1.54) is 18.4 Å². The molecule has 1 aliphatic rings. The van der Waals surface area contributed by atoms with Crippen molar-refractivity contribution in [2.75, 3.05) is 13.7 Å². The van der Waals surface area contributed by atoms with Crippen molar-refractivity contribution in [1.29, 1.82) is 0 Å². The Hall–Kier alpha value is -1.02. The second-order valence-electron chi connectivity index (χ2n) is 4.50. The molecular formula is C14H21NO. The van der Waals surface area contributed by atoms with E-state index in [9.17, 15) is 0 Å². The van der Waals surface area contributed by atoms with Crippen molar-refractivity contribution in [2.45, 2.75) is 32.2 Å². The van der Waals surface area contributed by atoms with Crippen LogP contribution in [0.25, 0.3) is 0 Å². The molecule has 0 amide bonds. The van der Waals surface area contributed by atoms with Gasteiger partial charge in [0, 0.05) is 6.04 Å². The Kier molecular flexibility index (Phi) is 3.83. The predicted octanol–water partition coefficient (Wildman–Crippen LogP) is 2.63. The molecule has 0 heterocycles. The number of ether oxygens (including phenoxy) is 1. The maximum Gasteiger partial charge on any atom is 0.122 e. The number of nitrogens with one attached hydrogen (secondary N) is 1. The van der Waals surface area contributed by atoms with Gasteiger partial charge in [-0.15, -0.1) is 0 Å². The molecule has 1 aromatic carbocycles. The van der Waals surface area contributed by atoms with E-state index in [2.05, 4.69) is 30.4 Å². The van der Waals surface area contributed by atoms with Crippen LogP contribution in [0.5, 0.6) is 5.75 Å². The lowest BCUT2D eigenvalue weighted by Gasteiger charge is -2.17. The van der Waals surface area contributed by atoms with E-state index < -0.39 is 0 Å². The highest BCUT2D eigenvalue weighted by atomic mass is 16.5. The van der Waals surface area contributed by atoms with Gasteiger partial charge in [-0.25, -0.2) is 0 Å². The highest BCUT2D eigenvalue weighted by molar-refractivity contribution is 5.33. The number of aryl methyl sites for hydroxylation is 1. The predicted molar refractivity (Wildman–Crippen MR) is 66.9 cm³/mol. The summed E-state index contributed by atoms with van der Waals surface area (Å²) in [5.41, 5.74) is 1.30. The van der Waals surface area contributed by atoms with Gasteiger partial charge in [0.05, 0.1) is 0 Å². The summed E-state index contributed by atoms with van der Waals surface area (Å²) in [5, 5.41) is 3.35. The van der Waals surface area contributed by atoms with Crippen molar-refractivity contribution < 1.29 is 4.74 Å². The number of rotatable bonds is 6. The SMILES string of the molecule is CCc1ccccc1OCC(NC)C1CC1. The Bertz CT molecular complexity index is 333. The lowest BCUT2D eigenvalue weighted by molar-refractivity contribution is 0.254. The molecule has 1 saturated carbocycles. The van der Waals surface area contributed by atoms with Gasteiger partial charge in [0.1, 0.15) is 12.4 Å². The molecule has 1 aliphatic carbocycles. The van der Waals surface area contributed by atoms with E-state index in [0.717, 1.165) is 24.7 Å². The van der Waals surface area contributed by atoms with Gasteiger partial charge in [-0.2, -0.15) is 0 Å². The molecule has 0 aromatic heterocycles. The van der Waals surface area contributed by atoms with Crippen molar-refractivity contribution in [3.05, 3.63) is 29.8 Å². The third-order valence-corrected chi connectivity index (χ3v) is 3.33. The minimum Gasteiger partial charge on any atom is -0.492 e. The number of likely N-dealkylation sites (N-methyl/N-ethyl adjacent to an activating group) is 1. The first kappa shape index (κ1) is 11.5. The molecule has 0 aliphatic heterocycles. The molecule has 2 rings (SSSR count). The first-order chi connectivity index (χ1) is 7.85. The molecule has 2 nitrogen and oxygen atoms in total. The molecule has 0 spiro atoms. The summed E-state index contributed by atoms with van der Waals surface area (Å²) in [7, 11) is 2.03. The van der Waals surface area contributed by atoms with Crippen molar-refractivity contribution in [3.8, 4) is 5.75 Å². The number of benzene rings is 1.